The van der Waals surface area contributed by atoms with Gasteiger partial charge in [-0.2, -0.15) is 0 Å². The molecule has 1 atom stereocenters. The molecule has 0 fully saturated rings. The molecule has 0 aliphatic heterocycles. The molecule has 0 aliphatic rings. The third-order valence-electron chi connectivity index (χ3n) is 0.472. The van der Waals surface area contributed by atoms with Gasteiger partial charge in [-0.1, -0.05) is 6.58 Å². The van der Waals surface area contributed by atoms with Crippen LogP contribution in [0.25, 0.3) is 0 Å². The van der Waals surface area contributed by atoms with Gasteiger partial charge in [-0.3, -0.25) is 0 Å². The molecule has 1 unspecified atom stereocenters. The summed E-state index contributed by atoms with van der Waals surface area (Å²) in [6, 6.07) is 0. The molecule has 0 heterocycles. The van der Waals surface area contributed by atoms with Crippen molar-refractivity contribution in [2.45, 2.75) is 0 Å². The van der Waals surface area contributed by atoms with E-state index in [0.717, 1.165) is 0 Å². The van der Waals surface area contributed by atoms with Crippen molar-refractivity contribution >= 4 is 20.0 Å². The lowest BCUT2D eigenvalue weighted by atomic mass is 10.7. The predicted octanol–water partition coefficient (Wildman–Crippen LogP) is 0.209. The molecule has 0 saturated heterocycles. The highest BCUT2D eigenvalue weighted by Gasteiger charge is 2.03. The second-order valence-electron chi connectivity index (χ2n) is 1.36. The van der Waals surface area contributed by atoms with E-state index in [4.69, 9.17) is 9.81 Å². The molecule has 0 aliphatic carbocycles. The van der Waals surface area contributed by atoms with Crippen molar-refractivity contribution in [2.24, 2.45) is 0 Å². The third-order valence-corrected chi connectivity index (χ3v) is 1.51. The van der Waals surface area contributed by atoms with Crippen LogP contribution in [-0.4, -0.2) is 19.8 Å². The number of hydrogen-bond acceptors (Lipinski definition) is 4. The maximum Gasteiger partial charge on any atom is 0.150 e. The second-order valence-corrected chi connectivity index (χ2v) is 4.37. The zero-order chi connectivity index (χ0) is 7.49. The van der Waals surface area contributed by atoms with Gasteiger partial charge in [0, 0.05) is 11.2 Å². The van der Waals surface area contributed by atoms with Crippen molar-refractivity contribution in [1.29, 1.82) is 0 Å². The molecule has 0 rings (SSSR count). The zero-order valence-electron chi connectivity index (χ0n) is 4.44. The Morgan fingerprint density at radius 1 is 1.89 bits per heavy atom. The van der Waals surface area contributed by atoms with E-state index in [0.29, 0.717) is 0 Å². The van der Waals surface area contributed by atoms with Crippen LogP contribution in [0, 0.1) is 0 Å². The standard InChI is InChI=1S/C3H6O4S2/c1-3(7-4)2-9(5,6)8/h4H,1-2H2,(H,5,6,8). The summed E-state index contributed by atoms with van der Waals surface area (Å²) in [5.41, 5.74) is 0. The normalized spacial score (nSPS) is 16.2. The molecule has 6 heteroatoms. The van der Waals surface area contributed by atoms with Crippen LogP contribution in [0.1, 0.15) is 0 Å². The van der Waals surface area contributed by atoms with Crippen LogP contribution in [0.4, 0.5) is 0 Å². The highest BCUT2D eigenvalue weighted by Crippen LogP contribution is 1.94. The Morgan fingerprint density at radius 2 is 2.33 bits per heavy atom. The largest absolute Gasteiger partial charge is 0.344 e. The molecule has 9 heavy (non-hydrogen) atoms. The topological polar surface area (TPSA) is 66.8 Å². The summed E-state index contributed by atoms with van der Waals surface area (Å²) < 4.78 is 18.7. The summed E-state index contributed by atoms with van der Waals surface area (Å²) in [6.07, 6.45) is 0. The monoisotopic (exact) mass is 170 g/mol. The number of rotatable bonds is 3. The molecule has 0 aromatic heterocycles. The Bertz CT molecular complexity index is 192. The van der Waals surface area contributed by atoms with Gasteiger partial charge >= 0.3 is 0 Å². The fourth-order valence-corrected chi connectivity index (χ4v) is 1.08. The fourth-order valence-electron chi connectivity index (χ4n) is 0.230. The second kappa shape index (κ2) is 3.11. The molecule has 0 aromatic carbocycles. The first-order valence-electron chi connectivity index (χ1n) is 1.90. The van der Waals surface area contributed by atoms with Crippen LogP contribution in [-0.2, 0) is 24.8 Å². The van der Waals surface area contributed by atoms with Crippen LogP contribution >= 0.6 is 0 Å². The van der Waals surface area contributed by atoms with Crippen molar-refractivity contribution in [1.82, 2.24) is 0 Å². The van der Waals surface area contributed by atoms with E-state index in [2.05, 4.69) is 22.7 Å². The summed E-state index contributed by atoms with van der Waals surface area (Å²) in [6.45, 7) is 3.08. The Balaban J connectivity index is 3.91. The molecule has 0 amide bonds. The number of hydrogen-bond donors (Lipinski definition) is 2. The molecule has 0 radical (unpaired) electrons. The van der Waals surface area contributed by atoms with Gasteiger partial charge in [0.2, 0.25) is 0 Å². The van der Waals surface area contributed by atoms with Gasteiger partial charge in [0.15, 0.2) is 0 Å². The Morgan fingerprint density at radius 3 is 2.44 bits per heavy atom. The zero-order valence-corrected chi connectivity index (χ0v) is 6.07. The first-order valence-corrected chi connectivity index (χ1v) is 4.51. The maximum atomic E-state index is 10.3. The van der Waals surface area contributed by atoms with E-state index in [1.54, 1.807) is 0 Å². The molecule has 0 spiro atoms. The van der Waals surface area contributed by atoms with E-state index in [1.165, 1.54) is 0 Å². The molecule has 2 N–H and O–H groups in total. The molecule has 0 bridgehead atoms. The maximum absolute atomic E-state index is 10.3. The van der Waals surface area contributed by atoms with E-state index < -0.39 is 14.5 Å². The van der Waals surface area contributed by atoms with Gasteiger partial charge in [0.05, 0.1) is 0 Å². The van der Waals surface area contributed by atoms with Gasteiger partial charge < -0.3 is 9.44 Å². The SMILES string of the molecule is C=C(CS(=O)(O)=S)OO. The molecular formula is C3H6O4S2. The minimum absolute atomic E-state index is 0.211. The van der Waals surface area contributed by atoms with Crippen molar-refractivity contribution in [3.8, 4) is 0 Å². The van der Waals surface area contributed by atoms with Crippen LogP contribution < -0.4 is 0 Å². The van der Waals surface area contributed by atoms with Gasteiger partial charge in [0.25, 0.3) is 0 Å². The summed E-state index contributed by atoms with van der Waals surface area (Å²) in [5, 5.41) is 7.82. The van der Waals surface area contributed by atoms with Crippen LogP contribution in [0.5, 0.6) is 0 Å². The average molecular weight is 170 g/mol. The predicted molar refractivity (Wildman–Crippen MR) is 35.9 cm³/mol. The third kappa shape index (κ3) is 5.71. The summed E-state index contributed by atoms with van der Waals surface area (Å²) in [4.78, 5) is 3.53. The lowest BCUT2D eigenvalue weighted by molar-refractivity contribution is -0.201. The van der Waals surface area contributed by atoms with Crippen LogP contribution in [0.15, 0.2) is 12.3 Å². The first kappa shape index (κ1) is 8.83. The molecular weight excluding hydrogens is 164 g/mol. The van der Waals surface area contributed by atoms with Crippen molar-refractivity contribution in [3.63, 3.8) is 0 Å². The minimum atomic E-state index is -3.29. The van der Waals surface area contributed by atoms with Crippen molar-refractivity contribution in [2.75, 3.05) is 5.75 Å². The average Bonchev–Trinajstić information content (AvgIpc) is 1.62. The highest BCUT2D eigenvalue weighted by atomic mass is 32.8. The molecule has 0 saturated carbocycles. The van der Waals surface area contributed by atoms with E-state index in [-0.39, 0.29) is 5.76 Å². The van der Waals surface area contributed by atoms with Gasteiger partial charge in [-0.05, 0) is 0 Å². The van der Waals surface area contributed by atoms with Crippen molar-refractivity contribution in [3.05, 3.63) is 12.3 Å². The van der Waals surface area contributed by atoms with E-state index in [1.807, 2.05) is 0 Å². The van der Waals surface area contributed by atoms with E-state index >= 15 is 0 Å². The fraction of sp³-hybridized carbons (Fsp3) is 0.333. The Kier molecular flexibility index (Phi) is 3.06. The Labute approximate surface area is 57.6 Å². The Hall–Kier alpha value is -0.170. The summed E-state index contributed by atoms with van der Waals surface area (Å²) >= 11 is 4.06. The van der Waals surface area contributed by atoms with Crippen LogP contribution in [0.2, 0.25) is 0 Å². The first-order chi connectivity index (χ1) is 3.95. The smallest absolute Gasteiger partial charge is 0.150 e. The molecule has 0 aromatic rings. The highest BCUT2D eigenvalue weighted by molar-refractivity contribution is 8.29. The van der Waals surface area contributed by atoms with Crippen molar-refractivity contribution < 1.29 is 18.9 Å². The van der Waals surface area contributed by atoms with E-state index in [9.17, 15) is 4.21 Å². The molecule has 54 valence electrons. The quantitative estimate of drug-likeness (QED) is 0.360. The van der Waals surface area contributed by atoms with Crippen LogP contribution in [0.3, 0.4) is 0 Å². The van der Waals surface area contributed by atoms with Gasteiger partial charge in [0.1, 0.15) is 20.3 Å². The molecule has 4 nitrogen and oxygen atoms in total. The lowest BCUT2D eigenvalue weighted by Crippen LogP contribution is -2.05. The lowest BCUT2D eigenvalue weighted by Gasteiger charge is -1.98. The minimum Gasteiger partial charge on any atom is -0.344 e. The summed E-state index contributed by atoms with van der Waals surface area (Å²) in [7, 11) is -3.29. The van der Waals surface area contributed by atoms with Gasteiger partial charge in [-0.15, -0.1) is 0 Å². The van der Waals surface area contributed by atoms with Gasteiger partial charge in [-0.25, -0.2) is 9.47 Å². The summed E-state index contributed by atoms with van der Waals surface area (Å²) in [5.74, 6) is -0.628.